The average molecular weight is 384 g/mol. The highest BCUT2D eigenvalue weighted by Crippen LogP contribution is 2.51. The van der Waals surface area contributed by atoms with Gasteiger partial charge in [-0.2, -0.15) is 0 Å². The summed E-state index contributed by atoms with van der Waals surface area (Å²) in [6.45, 7) is 5.82. The summed E-state index contributed by atoms with van der Waals surface area (Å²) in [7, 11) is 0. The summed E-state index contributed by atoms with van der Waals surface area (Å²) in [6.07, 6.45) is -0.0497. The first kappa shape index (κ1) is 19.2. The van der Waals surface area contributed by atoms with Crippen molar-refractivity contribution >= 4 is 29.6 Å². The molecule has 0 bridgehead atoms. The number of nitrogens with zero attached hydrogens (tertiary/aromatic N) is 1. The van der Waals surface area contributed by atoms with Crippen LogP contribution in [0.5, 0.6) is 0 Å². The predicted octanol–water partition coefficient (Wildman–Crippen LogP) is 0.167. The van der Waals surface area contributed by atoms with Gasteiger partial charge in [-0.05, 0) is 13.3 Å². The van der Waals surface area contributed by atoms with Gasteiger partial charge in [-0.25, -0.2) is 4.79 Å². The van der Waals surface area contributed by atoms with Gasteiger partial charge in [0.1, 0.15) is 12.3 Å². The summed E-state index contributed by atoms with van der Waals surface area (Å²) in [4.78, 5) is 37.1. The molecular formula is C17H24N2O6S. The molecule has 8 nitrogen and oxygen atoms in total. The van der Waals surface area contributed by atoms with E-state index in [0.717, 1.165) is 6.42 Å². The largest absolute Gasteiger partial charge is 0.477 e. The Morgan fingerprint density at radius 2 is 2.15 bits per heavy atom. The number of carboxylic acids is 1. The van der Waals surface area contributed by atoms with Crippen molar-refractivity contribution in [3.8, 4) is 0 Å². The van der Waals surface area contributed by atoms with Gasteiger partial charge in [0.25, 0.3) is 0 Å². The van der Waals surface area contributed by atoms with Gasteiger partial charge in [0.05, 0.1) is 18.1 Å². The van der Waals surface area contributed by atoms with E-state index in [1.807, 2.05) is 6.92 Å². The number of carbonyl (C=O) groups excluding carboxylic acids is 2. The summed E-state index contributed by atoms with van der Waals surface area (Å²) in [6, 6.07) is -0.242. The number of rotatable bonds is 6. The number of carboxylic acid groups (broad SMARTS) is 1. The van der Waals surface area contributed by atoms with Crippen molar-refractivity contribution in [2.45, 2.75) is 50.6 Å². The van der Waals surface area contributed by atoms with Gasteiger partial charge in [-0.3, -0.25) is 9.59 Å². The molecule has 144 valence electrons. The lowest BCUT2D eigenvalue weighted by Gasteiger charge is -2.46. The van der Waals surface area contributed by atoms with Gasteiger partial charge in [0, 0.05) is 35.6 Å². The molecule has 1 amide bonds. The van der Waals surface area contributed by atoms with E-state index in [4.69, 9.17) is 4.74 Å². The summed E-state index contributed by atoms with van der Waals surface area (Å²) >= 11 is 1.48. The zero-order chi connectivity index (χ0) is 19.2. The Hall–Kier alpha value is -1.58. The van der Waals surface area contributed by atoms with Crippen molar-refractivity contribution in [3.05, 3.63) is 10.6 Å². The molecule has 3 rings (SSSR count). The van der Waals surface area contributed by atoms with Crippen LogP contribution in [0, 0.1) is 11.8 Å². The lowest BCUT2D eigenvalue weighted by Crippen LogP contribution is -2.63. The molecule has 3 aliphatic heterocycles. The maximum absolute atomic E-state index is 12.3. The Kier molecular flexibility index (Phi) is 5.32. The highest BCUT2D eigenvalue weighted by atomic mass is 32.2. The second kappa shape index (κ2) is 7.21. The van der Waals surface area contributed by atoms with Crippen LogP contribution in [0.4, 0.5) is 0 Å². The first-order valence-corrected chi connectivity index (χ1v) is 9.62. The molecule has 2 saturated heterocycles. The van der Waals surface area contributed by atoms with Crippen LogP contribution in [-0.2, 0) is 19.1 Å². The Morgan fingerprint density at radius 3 is 2.73 bits per heavy atom. The minimum Gasteiger partial charge on any atom is -0.477 e. The summed E-state index contributed by atoms with van der Waals surface area (Å²) in [5.74, 6) is -2.43. The van der Waals surface area contributed by atoms with E-state index in [9.17, 15) is 24.6 Å². The molecule has 0 spiro atoms. The summed E-state index contributed by atoms with van der Waals surface area (Å²) in [5.41, 5.74) is 0.0536. The number of fused-ring (bicyclic) bond motifs is 1. The molecule has 0 saturated carbocycles. The molecule has 5 unspecified atom stereocenters. The van der Waals surface area contributed by atoms with Crippen LogP contribution < -0.4 is 5.32 Å². The van der Waals surface area contributed by atoms with Crippen molar-refractivity contribution in [1.29, 1.82) is 0 Å². The summed E-state index contributed by atoms with van der Waals surface area (Å²) < 4.78 is 5.03. The number of nitrogens with one attached hydrogen (secondary N) is 1. The van der Waals surface area contributed by atoms with Crippen molar-refractivity contribution in [1.82, 2.24) is 10.2 Å². The van der Waals surface area contributed by atoms with Crippen molar-refractivity contribution < 1.29 is 29.3 Å². The maximum atomic E-state index is 12.3. The molecule has 9 heteroatoms. The molecule has 3 heterocycles. The third-order valence-electron chi connectivity index (χ3n) is 5.27. The molecule has 2 fully saturated rings. The molecule has 0 radical (unpaired) electrons. The number of carbonyl (C=O) groups is 3. The van der Waals surface area contributed by atoms with Gasteiger partial charge in [-0.1, -0.05) is 6.92 Å². The average Bonchev–Trinajstić information content (AvgIpc) is 3.08. The van der Waals surface area contributed by atoms with Gasteiger partial charge in [0.2, 0.25) is 5.91 Å². The number of esters is 1. The van der Waals surface area contributed by atoms with E-state index >= 15 is 0 Å². The Bertz CT molecular complexity index is 664. The first-order chi connectivity index (χ1) is 12.2. The second-order valence-corrected chi connectivity index (χ2v) is 8.50. The lowest BCUT2D eigenvalue weighted by molar-refractivity contribution is -0.163. The van der Waals surface area contributed by atoms with Crippen LogP contribution in [0.25, 0.3) is 0 Å². The molecule has 6 atom stereocenters. The zero-order valence-electron chi connectivity index (χ0n) is 15.0. The molecule has 0 aromatic rings. The number of ether oxygens (including phenoxy) is 1. The van der Waals surface area contributed by atoms with Crippen LogP contribution in [-0.4, -0.2) is 69.5 Å². The van der Waals surface area contributed by atoms with E-state index in [2.05, 4.69) is 5.32 Å². The molecular weight excluding hydrogens is 360 g/mol. The van der Waals surface area contributed by atoms with Crippen LogP contribution in [0.3, 0.4) is 0 Å². The fourth-order valence-corrected chi connectivity index (χ4v) is 5.59. The highest BCUT2D eigenvalue weighted by Gasteiger charge is 2.60. The van der Waals surface area contributed by atoms with Crippen molar-refractivity contribution in [2.75, 3.05) is 13.2 Å². The second-order valence-electron chi connectivity index (χ2n) is 7.16. The summed E-state index contributed by atoms with van der Waals surface area (Å²) in [5, 5.41) is 22.9. The minimum atomic E-state index is -1.11. The molecule has 0 aliphatic carbocycles. The Morgan fingerprint density at radius 1 is 1.46 bits per heavy atom. The monoisotopic (exact) mass is 384 g/mol. The molecule has 3 aliphatic rings. The Labute approximate surface area is 155 Å². The van der Waals surface area contributed by atoms with E-state index in [0.29, 0.717) is 18.1 Å². The number of hydrogen-bond acceptors (Lipinski definition) is 7. The molecule has 3 N–H and O–H groups in total. The molecule has 26 heavy (non-hydrogen) atoms. The molecule has 0 aromatic carbocycles. The standard InChI is InChI=1S/C17H24N2O6S/c1-7-13-12(8(2)20)16(22)19(13)14(17(23)24)15(7)26-11-4-10(18-5-11)6-25-9(3)21/h7-8,10-13,18,20H,4-6H2,1-3H3,(H,23,24)/t7?,8?,10?,11?,12?,13-/m1/s1. The predicted molar refractivity (Wildman–Crippen MR) is 94.1 cm³/mol. The van der Waals surface area contributed by atoms with Crippen molar-refractivity contribution in [2.24, 2.45) is 11.8 Å². The normalized spacial score (nSPS) is 34.5. The number of aliphatic hydroxyl groups excluding tert-OH is 1. The van der Waals surface area contributed by atoms with E-state index in [1.54, 1.807) is 6.92 Å². The van der Waals surface area contributed by atoms with Crippen LogP contribution >= 0.6 is 11.8 Å². The fraction of sp³-hybridized carbons (Fsp3) is 0.706. The topological polar surface area (TPSA) is 116 Å². The molecule has 0 aromatic heterocycles. The van der Waals surface area contributed by atoms with Crippen LogP contribution in [0.2, 0.25) is 0 Å². The number of aliphatic hydroxyl groups is 1. The lowest BCUT2D eigenvalue weighted by atomic mass is 9.79. The van der Waals surface area contributed by atoms with Gasteiger partial charge in [0.15, 0.2) is 0 Å². The zero-order valence-corrected chi connectivity index (χ0v) is 15.8. The quantitative estimate of drug-likeness (QED) is 0.438. The van der Waals surface area contributed by atoms with Gasteiger partial charge in [-0.15, -0.1) is 11.8 Å². The van der Waals surface area contributed by atoms with Gasteiger partial charge < -0.3 is 25.2 Å². The van der Waals surface area contributed by atoms with Crippen molar-refractivity contribution in [3.63, 3.8) is 0 Å². The third-order valence-corrected chi connectivity index (χ3v) is 6.79. The third kappa shape index (κ3) is 3.23. The fourth-order valence-electron chi connectivity index (χ4n) is 4.08. The Balaban J connectivity index is 1.72. The number of β-lactam (4-membered cyclic amide) rings is 1. The van der Waals surface area contributed by atoms with Gasteiger partial charge >= 0.3 is 11.9 Å². The SMILES string of the molecule is CC(=O)OCC1CC(SC2=C(C(=O)O)N3C(=O)C(C(C)O)[C@H]3C2C)CN1. The van der Waals surface area contributed by atoms with E-state index < -0.39 is 18.0 Å². The number of hydrogen-bond donors (Lipinski definition) is 3. The van der Waals surface area contributed by atoms with Crippen LogP contribution in [0.1, 0.15) is 27.2 Å². The van der Waals surface area contributed by atoms with E-state index in [1.165, 1.54) is 23.6 Å². The number of thioether (sulfide) groups is 1. The minimum absolute atomic E-state index is 0.0471. The first-order valence-electron chi connectivity index (χ1n) is 8.74. The number of amides is 1. The van der Waals surface area contributed by atoms with Crippen LogP contribution in [0.15, 0.2) is 10.6 Å². The van der Waals surface area contributed by atoms with E-state index in [-0.39, 0.29) is 40.8 Å². The smallest absolute Gasteiger partial charge is 0.353 e. The number of aliphatic carboxylic acids is 1. The maximum Gasteiger partial charge on any atom is 0.353 e. The highest BCUT2D eigenvalue weighted by molar-refractivity contribution is 8.03.